The first-order valence-corrected chi connectivity index (χ1v) is 9.25. The highest BCUT2D eigenvalue weighted by Gasteiger charge is 2.28. The number of Topliss-reactive ketones (excluding diaryl/α,β-unsaturated/α-hetero) is 1. The summed E-state index contributed by atoms with van der Waals surface area (Å²) in [6, 6.07) is 5.57. The number of carbonyl (C=O) groups excluding carboxylic acids is 3. The number of rotatable bonds is 8. The van der Waals surface area contributed by atoms with E-state index in [4.69, 9.17) is 4.42 Å². The van der Waals surface area contributed by atoms with Crippen LogP contribution in [0.3, 0.4) is 0 Å². The van der Waals surface area contributed by atoms with Gasteiger partial charge in [0.1, 0.15) is 11.6 Å². The quantitative estimate of drug-likeness (QED) is 0.693. The van der Waals surface area contributed by atoms with E-state index in [-0.39, 0.29) is 23.6 Å². The van der Waals surface area contributed by atoms with Gasteiger partial charge in [-0.25, -0.2) is 4.98 Å². The van der Waals surface area contributed by atoms with Crippen molar-refractivity contribution in [2.75, 3.05) is 0 Å². The van der Waals surface area contributed by atoms with Crippen LogP contribution in [-0.2, 0) is 9.59 Å². The van der Waals surface area contributed by atoms with Gasteiger partial charge in [-0.3, -0.25) is 14.4 Å². The SMILES string of the molecule is CC[C@@H](NC(=O)[C@H](C)NC(=O)[C@H](C)C(C)C)C(=O)c1nc2ccccc2o1. The van der Waals surface area contributed by atoms with Crippen molar-refractivity contribution >= 4 is 28.7 Å². The van der Waals surface area contributed by atoms with Gasteiger partial charge >= 0.3 is 0 Å². The van der Waals surface area contributed by atoms with Crippen molar-refractivity contribution in [2.45, 2.75) is 53.1 Å². The second-order valence-electron chi connectivity index (χ2n) is 7.08. The van der Waals surface area contributed by atoms with Gasteiger partial charge in [0, 0.05) is 5.92 Å². The van der Waals surface area contributed by atoms with Crippen molar-refractivity contribution in [1.82, 2.24) is 15.6 Å². The summed E-state index contributed by atoms with van der Waals surface area (Å²) in [6.45, 7) is 9.09. The zero-order valence-electron chi connectivity index (χ0n) is 16.4. The van der Waals surface area contributed by atoms with Gasteiger partial charge < -0.3 is 15.1 Å². The molecule has 7 nitrogen and oxygen atoms in total. The predicted molar refractivity (Wildman–Crippen MR) is 102 cm³/mol. The van der Waals surface area contributed by atoms with E-state index in [0.29, 0.717) is 17.5 Å². The number of hydrogen-bond donors (Lipinski definition) is 2. The van der Waals surface area contributed by atoms with Crippen LogP contribution >= 0.6 is 0 Å². The molecular weight excluding hydrogens is 346 g/mol. The molecule has 0 saturated heterocycles. The molecule has 1 aromatic heterocycles. The fraction of sp³-hybridized carbons (Fsp3) is 0.500. The lowest BCUT2D eigenvalue weighted by atomic mass is 9.97. The van der Waals surface area contributed by atoms with E-state index in [1.807, 2.05) is 20.8 Å². The Labute approximate surface area is 158 Å². The van der Waals surface area contributed by atoms with E-state index < -0.39 is 23.8 Å². The summed E-state index contributed by atoms with van der Waals surface area (Å²) < 4.78 is 5.50. The first-order valence-electron chi connectivity index (χ1n) is 9.25. The van der Waals surface area contributed by atoms with E-state index in [1.54, 1.807) is 38.1 Å². The molecule has 146 valence electrons. The highest BCUT2D eigenvalue weighted by Crippen LogP contribution is 2.16. The third kappa shape index (κ3) is 4.93. The Morgan fingerprint density at radius 1 is 1.04 bits per heavy atom. The Kier molecular flexibility index (Phi) is 6.71. The van der Waals surface area contributed by atoms with Crippen LogP contribution in [0.2, 0.25) is 0 Å². The van der Waals surface area contributed by atoms with Gasteiger partial charge in [0.25, 0.3) is 5.89 Å². The van der Waals surface area contributed by atoms with E-state index in [9.17, 15) is 14.4 Å². The summed E-state index contributed by atoms with van der Waals surface area (Å²) >= 11 is 0. The molecule has 2 aromatic rings. The number of fused-ring (bicyclic) bond motifs is 1. The molecule has 0 aliphatic carbocycles. The van der Waals surface area contributed by atoms with Crippen molar-refractivity contribution in [3.63, 3.8) is 0 Å². The number of oxazole rings is 1. The molecule has 27 heavy (non-hydrogen) atoms. The lowest BCUT2D eigenvalue weighted by Crippen LogP contribution is -2.51. The average Bonchev–Trinajstić information content (AvgIpc) is 3.08. The molecule has 0 spiro atoms. The molecule has 7 heteroatoms. The van der Waals surface area contributed by atoms with Crippen LogP contribution in [0.5, 0.6) is 0 Å². The first-order chi connectivity index (χ1) is 12.7. The number of aromatic nitrogens is 1. The minimum Gasteiger partial charge on any atom is -0.434 e. The smallest absolute Gasteiger partial charge is 0.266 e. The van der Waals surface area contributed by atoms with E-state index in [1.165, 1.54) is 0 Å². The summed E-state index contributed by atoms with van der Waals surface area (Å²) in [5, 5.41) is 5.37. The number of benzene rings is 1. The maximum atomic E-state index is 12.7. The van der Waals surface area contributed by atoms with Gasteiger partial charge in [-0.2, -0.15) is 0 Å². The normalized spacial score (nSPS) is 14.6. The minimum absolute atomic E-state index is 0.0338. The molecule has 2 amide bonds. The monoisotopic (exact) mass is 373 g/mol. The van der Waals surface area contributed by atoms with Crippen LogP contribution in [0.15, 0.2) is 28.7 Å². The van der Waals surface area contributed by atoms with Crippen molar-refractivity contribution < 1.29 is 18.8 Å². The second kappa shape index (κ2) is 8.79. The van der Waals surface area contributed by atoms with Crippen molar-refractivity contribution in [3.05, 3.63) is 30.2 Å². The molecule has 0 saturated carbocycles. The maximum absolute atomic E-state index is 12.7. The molecule has 1 heterocycles. The molecule has 0 aliphatic rings. The molecule has 0 aliphatic heterocycles. The van der Waals surface area contributed by atoms with E-state index >= 15 is 0 Å². The molecule has 0 bridgehead atoms. The summed E-state index contributed by atoms with van der Waals surface area (Å²) in [5.41, 5.74) is 1.11. The van der Waals surface area contributed by atoms with Crippen LogP contribution in [-0.4, -0.2) is 34.7 Å². The highest BCUT2D eigenvalue weighted by molar-refractivity contribution is 6.00. The second-order valence-corrected chi connectivity index (χ2v) is 7.08. The van der Waals surface area contributed by atoms with Gasteiger partial charge in [0.2, 0.25) is 17.6 Å². The Morgan fingerprint density at radius 2 is 1.70 bits per heavy atom. The molecule has 2 N–H and O–H groups in total. The van der Waals surface area contributed by atoms with Gasteiger partial charge in [0.05, 0.1) is 6.04 Å². The molecular formula is C20H27N3O4. The molecule has 0 unspecified atom stereocenters. The standard InChI is InChI=1S/C20H27N3O4/c1-6-14(17(24)20-23-15-9-7-8-10-16(15)27-20)22-19(26)13(5)21-18(25)12(4)11(2)3/h7-14H,6H2,1-5H3,(H,21,25)(H,22,26)/t12-,13+,14-/m1/s1. The third-order valence-electron chi connectivity index (χ3n) is 4.71. The molecule has 0 fully saturated rings. The Hall–Kier alpha value is -2.70. The van der Waals surface area contributed by atoms with Crippen molar-refractivity contribution in [1.29, 1.82) is 0 Å². The Balaban J connectivity index is 2.03. The average molecular weight is 373 g/mol. The third-order valence-corrected chi connectivity index (χ3v) is 4.71. The van der Waals surface area contributed by atoms with Gasteiger partial charge in [-0.05, 0) is 31.4 Å². The molecule has 3 atom stereocenters. The lowest BCUT2D eigenvalue weighted by Gasteiger charge is -2.21. The van der Waals surface area contributed by atoms with Gasteiger partial charge in [-0.15, -0.1) is 0 Å². The number of nitrogens with zero attached hydrogens (tertiary/aromatic N) is 1. The number of ketones is 1. The summed E-state index contributed by atoms with van der Waals surface area (Å²) in [4.78, 5) is 41.4. The molecule has 2 rings (SSSR count). The number of carbonyl (C=O) groups is 3. The predicted octanol–water partition coefficient (Wildman–Crippen LogP) is 2.70. The van der Waals surface area contributed by atoms with E-state index in [0.717, 1.165) is 0 Å². The first kappa shape index (κ1) is 20.6. The topological polar surface area (TPSA) is 101 Å². The molecule has 0 radical (unpaired) electrons. The van der Waals surface area contributed by atoms with Crippen LogP contribution < -0.4 is 10.6 Å². The van der Waals surface area contributed by atoms with Crippen LogP contribution in [0.4, 0.5) is 0 Å². The van der Waals surface area contributed by atoms with E-state index in [2.05, 4.69) is 15.6 Å². The Morgan fingerprint density at radius 3 is 2.30 bits per heavy atom. The number of para-hydroxylation sites is 2. The van der Waals surface area contributed by atoms with Gasteiger partial charge in [0.15, 0.2) is 5.58 Å². The maximum Gasteiger partial charge on any atom is 0.266 e. The summed E-state index contributed by atoms with van der Waals surface area (Å²) in [6.07, 6.45) is 0.381. The van der Waals surface area contributed by atoms with Crippen molar-refractivity contribution in [3.8, 4) is 0 Å². The minimum atomic E-state index is -0.771. The van der Waals surface area contributed by atoms with Crippen LogP contribution in [0, 0.1) is 11.8 Å². The summed E-state index contributed by atoms with van der Waals surface area (Å²) in [7, 11) is 0. The number of hydrogen-bond acceptors (Lipinski definition) is 5. The Bertz CT molecular complexity index is 794. The fourth-order valence-corrected chi connectivity index (χ4v) is 2.49. The highest BCUT2D eigenvalue weighted by atomic mass is 16.4. The van der Waals surface area contributed by atoms with Crippen LogP contribution in [0.1, 0.15) is 51.7 Å². The largest absolute Gasteiger partial charge is 0.434 e. The van der Waals surface area contributed by atoms with Crippen LogP contribution in [0.25, 0.3) is 11.1 Å². The zero-order valence-corrected chi connectivity index (χ0v) is 16.4. The fourth-order valence-electron chi connectivity index (χ4n) is 2.49. The lowest BCUT2D eigenvalue weighted by molar-refractivity contribution is -0.131. The molecule has 1 aromatic carbocycles. The van der Waals surface area contributed by atoms with Crippen molar-refractivity contribution in [2.24, 2.45) is 11.8 Å². The van der Waals surface area contributed by atoms with Gasteiger partial charge in [-0.1, -0.05) is 39.8 Å². The number of amides is 2. The number of nitrogens with one attached hydrogen (secondary N) is 2. The summed E-state index contributed by atoms with van der Waals surface area (Å²) in [5.74, 6) is -1.07. The zero-order chi connectivity index (χ0) is 20.1.